The van der Waals surface area contributed by atoms with Gasteiger partial charge in [-0.15, -0.1) is 0 Å². The van der Waals surface area contributed by atoms with Gasteiger partial charge in [0.15, 0.2) is 0 Å². The molecule has 0 aromatic rings. The molecule has 11 heteroatoms. The fourth-order valence-corrected chi connectivity index (χ4v) is 3.57. The lowest BCUT2D eigenvalue weighted by Gasteiger charge is -2.08. The summed E-state index contributed by atoms with van der Waals surface area (Å²) >= 11 is 0. The highest BCUT2D eigenvalue weighted by Gasteiger charge is 2.05. The van der Waals surface area contributed by atoms with Gasteiger partial charge in [-0.2, -0.15) is 0 Å². The van der Waals surface area contributed by atoms with Crippen LogP contribution in [0.1, 0.15) is 39.0 Å². The normalized spacial score (nSPS) is 9.92. The van der Waals surface area contributed by atoms with Crippen molar-refractivity contribution in [1.29, 1.82) is 0 Å². The first-order chi connectivity index (χ1) is 12.5. The van der Waals surface area contributed by atoms with Crippen LogP contribution in [-0.4, -0.2) is 56.0 Å². The fourth-order valence-electron chi connectivity index (χ4n) is 1.39. The van der Waals surface area contributed by atoms with Gasteiger partial charge < -0.3 is 24.8 Å². The minimum atomic E-state index is -0.784. The number of alkyl carbamates (subject to hydrolysis) is 1. The van der Waals surface area contributed by atoms with E-state index in [1.165, 1.54) is 7.11 Å². The summed E-state index contributed by atoms with van der Waals surface area (Å²) in [5.41, 5.74) is 0. The number of hydrogen-bond donors (Lipinski definition) is 2. The maximum absolute atomic E-state index is 11.6. The molecule has 150 valence electrons. The summed E-state index contributed by atoms with van der Waals surface area (Å²) in [7, 11) is 4.68. The Kier molecular flexibility index (Phi) is 15.8. The van der Waals surface area contributed by atoms with Crippen LogP contribution in [0.3, 0.4) is 0 Å². The van der Waals surface area contributed by atoms with E-state index in [4.69, 9.17) is 0 Å². The van der Waals surface area contributed by atoms with Crippen LogP contribution in [0.2, 0.25) is 0 Å². The molecule has 0 aliphatic carbocycles. The molecule has 0 aromatic heterocycles. The Bertz CT molecular complexity index is 450. The molecule has 0 rings (SSSR count). The fraction of sp³-hybridized carbons (Fsp3) is 0.733. The molecular formula is C15H26N2O7S2. The van der Waals surface area contributed by atoms with Crippen LogP contribution in [-0.2, 0) is 28.6 Å². The zero-order valence-electron chi connectivity index (χ0n) is 15.0. The average molecular weight is 411 g/mol. The molecule has 0 radical (unpaired) electrons. The lowest BCUT2D eigenvalue weighted by molar-refractivity contribution is -0.151. The molecule has 0 spiro atoms. The molecule has 0 unspecified atom stereocenters. The van der Waals surface area contributed by atoms with Gasteiger partial charge in [-0.05, 0) is 12.8 Å². The second-order valence-corrected chi connectivity index (χ2v) is 7.50. The molecule has 0 atom stereocenters. The van der Waals surface area contributed by atoms with E-state index in [1.807, 2.05) is 0 Å². The molecule has 0 saturated heterocycles. The molecular weight excluding hydrogens is 384 g/mol. The van der Waals surface area contributed by atoms with Crippen LogP contribution in [0.15, 0.2) is 0 Å². The molecule has 0 aliphatic heterocycles. The van der Waals surface area contributed by atoms with Gasteiger partial charge in [-0.25, -0.2) is 4.79 Å². The second kappa shape index (κ2) is 16.8. The summed E-state index contributed by atoms with van der Waals surface area (Å²) in [5, 5.41) is 4.84. The Morgan fingerprint density at radius 2 is 1.54 bits per heavy atom. The summed E-state index contributed by atoms with van der Waals surface area (Å²) in [4.78, 5) is 44.5. The van der Waals surface area contributed by atoms with Crippen LogP contribution in [0, 0.1) is 0 Å². The van der Waals surface area contributed by atoms with Gasteiger partial charge in [-0.3, -0.25) is 14.4 Å². The van der Waals surface area contributed by atoms with Gasteiger partial charge in [0, 0.05) is 30.8 Å². The zero-order chi connectivity index (χ0) is 19.6. The van der Waals surface area contributed by atoms with Crippen molar-refractivity contribution in [3.05, 3.63) is 0 Å². The second-order valence-electron chi connectivity index (χ2n) is 4.80. The summed E-state index contributed by atoms with van der Waals surface area (Å²) in [6, 6.07) is 0. The molecule has 26 heavy (non-hydrogen) atoms. The van der Waals surface area contributed by atoms with E-state index in [0.29, 0.717) is 19.3 Å². The first-order valence-corrected chi connectivity index (χ1v) is 10.6. The van der Waals surface area contributed by atoms with E-state index >= 15 is 0 Å². The number of esters is 2. The van der Waals surface area contributed by atoms with E-state index in [2.05, 4.69) is 24.8 Å². The van der Waals surface area contributed by atoms with Gasteiger partial charge in [0.1, 0.15) is 0 Å². The Hall–Kier alpha value is -1.62. The highest BCUT2D eigenvalue weighted by Crippen LogP contribution is 2.23. The summed E-state index contributed by atoms with van der Waals surface area (Å²) in [6.45, 7) is 1.11. The van der Waals surface area contributed by atoms with E-state index in [-0.39, 0.29) is 25.0 Å². The number of hydrogen-bond acceptors (Lipinski definition) is 9. The third kappa shape index (κ3) is 15.9. The van der Waals surface area contributed by atoms with Gasteiger partial charge in [0.2, 0.25) is 12.7 Å². The predicted molar refractivity (Wildman–Crippen MR) is 99.3 cm³/mol. The van der Waals surface area contributed by atoms with Crippen LogP contribution >= 0.6 is 21.6 Å². The molecule has 0 fully saturated rings. The third-order valence-electron chi connectivity index (χ3n) is 2.77. The van der Waals surface area contributed by atoms with Gasteiger partial charge in [-0.1, -0.05) is 28.5 Å². The number of ether oxygens (including phenoxy) is 3. The maximum Gasteiger partial charge on any atom is 0.411 e. The lowest BCUT2D eigenvalue weighted by Crippen LogP contribution is -2.37. The largest absolute Gasteiger partial charge is 0.469 e. The Morgan fingerprint density at radius 3 is 2.15 bits per heavy atom. The smallest absolute Gasteiger partial charge is 0.411 e. The summed E-state index contributed by atoms with van der Waals surface area (Å²) in [5.74, 6) is 0.816. The topological polar surface area (TPSA) is 120 Å². The van der Waals surface area contributed by atoms with Crippen molar-refractivity contribution in [2.24, 2.45) is 0 Å². The molecule has 0 saturated carbocycles. The molecule has 9 nitrogen and oxygen atoms in total. The molecule has 0 bridgehead atoms. The van der Waals surface area contributed by atoms with E-state index in [9.17, 15) is 19.2 Å². The number of carbonyl (C=O) groups excluding carboxylic acids is 4. The number of carbonyl (C=O) groups is 4. The quantitative estimate of drug-likeness (QED) is 0.191. The lowest BCUT2D eigenvalue weighted by atomic mass is 10.3. The minimum absolute atomic E-state index is 0.0607. The highest BCUT2D eigenvalue weighted by molar-refractivity contribution is 8.76. The van der Waals surface area contributed by atoms with Gasteiger partial charge >= 0.3 is 18.0 Å². The van der Waals surface area contributed by atoms with Crippen molar-refractivity contribution in [2.75, 3.05) is 32.1 Å². The summed E-state index contributed by atoms with van der Waals surface area (Å²) < 4.78 is 13.7. The number of methoxy groups -OCH3 is 1. The van der Waals surface area contributed by atoms with Crippen LogP contribution in [0.4, 0.5) is 4.79 Å². The average Bonchev–Trinajstić information content (AvgIpc) is 2.63. The van der Waals surface area contributed by atoms with Crippen molar-refractivity contribution >= 4 is 45.5 Å². The van der Waals surface area contributed by atoms with Crippen molar-refractivity contribution in [3.8, 4) is 0 Å². The minimum Gasteiger partial charge on any atom is -0.469 e. The molecule has 0 aromatic carbocycles. The standard InChI is InChI=1S/C15H26N2O7S2/c1-3-13(19)23-11-24-15(21)17-10-16-12(18)6-4-8-25-26-9-5-7-14(20)22-2/h3-11H2,1-2H3,(H,16,18)(H,17,21). The highest BCUT2D eigenvalue weighted by atomic mass is 33.1. The molecule has 2 N–H and O–H groups in total. The van der Waals surface area contributed by atoms with Crippen LogP contribution in [0.25, 0.3) is 0 Å². The Morgan fingerprint density at radius 1 is 0.885 bits per heavy atom. The van der Waals surface area contributed by atoms with E-state index < -0.39 is 18.9 Å². The van der Waals surface area contributed by atoms with Crippen molar-refractivity contribution in [1.82, 2.24) is 10.6 Å². The maximum atomic E-state index is 11.6. The van der Waals surface area contributed by atoms with Crippen molar-refractivity contribution in [3.63, 3.8) is 0 Å². The number of nitrogens with one attached hydrogen (secondary N) is 2. The Labute approximate surface area is 161 Å². The van der Waals surface area contributed by atoms with Crippen molar-refractivity contribution < 1.29 is 33.4 Å². The number of amides is 2. The Balaban J connectivity index is 3.42. The number of rotatable bonds is 14. The van der Waals surface area contributed by atoms with E-state index in [0.717, 1.165) is 17.9 Å². The predicted octanol–water partition coefficient (Wildman–Crippen LogP) is 1.81. The zero-order valence-corrected chi connectivity index (χ0v) is 16.7. The monoisotopic (exact) mass is 410 g/mol. The third-order valence-corrected chi connectivity index (χ3v) is 5.35. The first-order valence-electron chi connectivity index (χ1n) is 8.13. The SMILES string of the molecule is CCC(=O)OCOC(=O)NCNC(=O)CCCSSCCCC(=O)OC. The molecule has 0 heterocycles. The van der Waals surface area contributed by atoms with Gasteiger partial charge in [0.05, 0.1) is 13.8 Å². The van der Waals surface area contributed by atoms with Crippen LogP contribution < -0.4 is 10.6 Å². The first kappa shape index (κ1) is 24.4. The van der Waals surface area contributed by atoms with Crippen LogP contribution in [0.5, 0.6) is 0 Å². The molecule has 2 amide bonds. The van der Waals surface area contributed by atoms with E-state index in [1.54, 1.807) is 28.5 Å². The molecule has 0 aliphatic rings. The van der Waals surface area contributed by atoms with Gasteiger partial charge in [0.25, 0.3) is 0 Å². The summed E-state index contributed by atoms with van der Waals surface area (Å²) in [6.07, 6.45) is 1.66. The van der Waals surface area contributed by atoms with Crippen molar-refractivity contribution in [2.45, 2.75) is 39.0 Å².